The molecule has 0 rings (SSSR count). The fourth-order valence-corrected chi connectivity index (χ4v) is 1.53. The molecule has 4 nitrogen and oxygen atoms in total. The predicted molar refractivity (Wildman–Crippen MR) is 70.0 cm³/mol. The largest absolute Gasteiger partial charge is 0.383 e. The van der Waals surface area contributed by atoms with Gasteiger partial charge in [0.2, 0.25) is 0 Å². The summed E-state index contributed by atoms with van der Waals surface area (Å²) in [7, 11) is 3.92. The molecule has 0 aromatic carbocycles. The molecule has 0 aromatic rings. The van der Waals surface area contributed by atoms with Crippen LogP contribution in [-0.2, 0) is 4.74 Å². The number of nitrogens with zero attached hydrogens (tertiary/aromatic N) is 2. The van der Waals surface area contributed by atoms with Gasteiger partial charge in [-0.25, -0.2) is 0 Å². The third-order valence-corrected chi connectivity index (χ3v) is 2.85. The number of hydrogen-bond donors (Lipinski definition) is 1. The average Bonchev–Trinajstić information content (AvgIpc) is 2.30. The Morgan fingerprint density at radius 1 is 1.00 bits per heavy atom. The van der Waals surface area contributed by atoms with E-state index in [1.807, 2.05) is 0 Å². The van der Waals surface area contributed by atoms with E-state index in [0.29, 0.717) is 0 Å². The molecule has 0 aliphatic rings. The van der Waals surface area contributed by atoms with Crippen molar-refractivity contribution in [2.75, 3.05) is 66.6 Å². The molecule has 0 bridgehead atoms. The van der Waals surface area contributed by atoms with Crippen LogP contribution >= 0.6 is 0 Å². The van der Waals surface area contributed by atoms with Crippen LogP contribution in [0.15, 0.2) is 0 Å². The zero-order valence-electron chi connectivity index (χ0n) is 11.5. The lowest BCUT2D eigenvalue weighted by molar-refractivity contribution is 0.196. The highest BCUT2D eigenvalue weighted by Crippen LogP contribution is 1.88. The molecular weight excluding hydrogens is 202 g/mol. The Kier molecular flexibility index (Phi) is 11.2. The second kappa shape index (κ2) is 11.3. The number of nitrogens with one attached hydrogen (secondary N) is 1. The smallest absolute Gasteiger partial charge is 0.0587 e. The molecule has 0 fully saturated rings. The molecule has 0 radical (unpaired) electrons. The van der Waals surface area contributed by atoms with Crippen LogP contribution in [0.1, 0.15) is 13.8 Å². The first-order chi connectivity index (χ1) is 7.74. The standard InChI is InChI=1S/C12H29N3O/c1-5-15(6-2)11-10-14(3)9-7-13-8-12-16-4/h13H,5-12H2,1-4H3. The minimum absolute atomic E-state index is 0.795. The SMILES string of the molecule is CCN(CC)CCN(C)CCNCCOC. The molecule has 0 unspecified atom stereocenters. The molecule has 0 saturated carbocycles. The highest BCUT2D eigenvalue weighted by atomic mass is 16.5. The Hall–Kier alpha value is -0.160. The summed E-state index contributed by atoms with van der Waals surface area (Å²) in [6.45, 7) is 12.9. The van der Waals surface area contributed by atoms with Crippen molar-refractivity contribution >= 4 is 0 Å². The fraction of sp³-hybridized carbons (Fsp3) is 1.00. The van der Waals surface area contributed by atoms with Crippen molar-refractivity contribution in [3.63, 3.8) is 0 Å². The molecule has 1 N–H and O–H groups in total. The Bertz CT molecular complexity index is 140. The molecule has 4 heteroatoms. The van der Waals surface area contributed by atoms with E-state index in [-0.39, 0.29) is 0 Å². The third-order valence-electron chi connectivity index (χ3n) is 2.85. The van der Waals surface area contributed by atoms with E-state index in [9.17, 15) is 0 Å². The summed E-state index contributed by atoms with van der Waals surface area (Å²) < 4.78 is 4.97. The zero-order chi connectivity index (χ0) is 12.2. The van der Waals surface area contributed by atoms with Crippen molar-refractivity contribution < 1.29 is 4.74 Å². The van der Waals surface area contributed by atoms with Crippen LogP contribution in [0, 0.1) is 0 Å². The van der Waals surface area contributed by atoms with Gasteiger partial charge in [-0.3, -0.25) is 0 Å². The minimum Gasteiger partial charge on any atom is -0.383 e. The predicted octanol–water partition coefficient (Wildman–Crippen LogP) is 0.496. The summed E-state index contributed by atoms with van der Waals surface area (Å²) >= 11 is 0. The first-order valence-electron chi connectivity index (χ1n) is 6.35. The highest BCUT2D eigenvalue weighted by Gasteiger charge is 2.01. The van der Waals surface area contributed by atoms with E-state index in [1.54, 1.807) is 7.11 Å². The zero-order valence-corrected chi connectivity index (χ0v) is 11.5. The maximum atomic E-state index is 4.97. The van der Waals surface area contributed by atoms with E-state index in [0.717, 1.165) is 45.9 Å². The van der Waals surface area contributed by atoms with Crippen LogP contribution in [0.4, 0.5) is 0 Å². The summed E-state index contributed by atoms with van der Waals surface area (Å²) in [5, 5.41) is 3.35. The van der Waals surface area contributed by atoms with Gasteiger partial charge < -0.3 is 19.9 Å². The molecular formula is C12H29N3O. The monoisotopic (exact) mass is 231 g/mol. The lowest BCUT2D eigenvalue weighted by Gasteiger charge is -2.23. The van der Waals surface area contributed by atoms with Crippen molar-refractivity contribution in [1.29, 1.82) is 0 Å². The first-order valence-corrected chi connectivity index (χ1v) is 6.35. The summed E-state index contributed by atoms with van der Waals surface area (Å²) in [5.74, 6) is 0. The Morgan fingerprint density at radius 2 is 1.69 bits per heavy atom. The normalized spacial score (nSPS) is 11.6. The summed E-state index contributed by atoms with van der Waals surface area (Å²) in [6.07, 6.45) is 0. The van der Waals surface area contributed by atoms with Crippen molar-refractivity contribution in [3.8, 4) is 0 Å². The van der Waals surface area contributed by atoms with E-state index < -0.39 is 0 Å². The molecule has 0 aliphatic heterocycles. The lowest BCUT2D eigenvalue weighted by atomic mass is 10.4. The maximum absolute atomic E-state index is 4.97. The topological polar surface area (TPSA) is 27.7 Å². The number of ether oxygens (including phenoxy) is 1. The quantitative estimate of drug-likeness (QED) is 0.524. The van der Waals surface area contributed by atoms with E-state index >= 15 is 0 Å². The Morgan fingerprint density at radius 3 is 2.25 bits per heavy atom. The molecule has 16 heavy (non-hydrogen) atoms. The molecule has 98 valence electrons. The lowest BCUT2D eigenvalue weighted by Crippen LogP contribution is -2.36. The van der Waals surface area contributed by atoms with Gasteiger partial charge in [0.25, 0.3) is 0 Å². The summed E-state index contributed by atoms with van der Waals surface area (Å²) in [5.41, 5.74) is 0. The van der Waals surface area contributed by atoms with Crippen LogP contribution < -0.4 is 5.32 Å². The van der Waals surface area contributed by atoms with Gasteiger partial charge in [0, 0.05) is 39.8 Å². The van der Waals surface area contributed by atoms with Crippen molar-refractivity contribution in [3.05, 3.63) is 0 Å². The average molecular weight is 231 g/mol. The van der Waals surface area contributed by atoms with E-state index in [4.69, 9.17) is 4.74 Å². The Balaban J connectivity index is 3.33. The second-order valence-corrected chi connectivity index (χ2v) is 4.07. The van der Waals surface area contributed by atoms with Crippen LogP contribution in [0.3, 0.4) is 0 Å². The first kappa shape index (κ1) is 15.8. The van der Waals surface area contributed by atoms with Gasteiger partial charge in [-0.15, -0.1) is 0 Å². The number of likely N-dealkylation sites (N-methyl/N-ethyl adjacent to an activating group) is 2. The molecule has 0 aliphatic carbocycles. The molecule has 0 saturated heterocycles. The van der Waals surface area contributed by atoms with Gasteiger partial charge in [0.05, 0.1) is 6.61 Å². The number of rotatable bonds is 11. The molecule has 0 spiro atoms. The van der Waals surface area contributed by atoms with Crippen molar-refractivity contribution in [2.45, 2.75) is 13.8 Å². The molecule has 0 heterocycles. The minimum atomic E-state index is 0.795. The van der Waals surface area contributed by atoms with E-state index in [2.05, 4.69) is 36.0 Å². The number of hydrogen-bond acceptors (Lipinski definition) is 4. The molecule has 0 amide bonds. The van der Waals surface area contributed by atoms with Crippen LogP contribution in [0.25, 0.3) is 0 Å². The highest BCUT2D eigenvalue weighted by molar-refractivity contribution is 4.59. The van der Waals surface area contributed by atoms with Gasteiger partial charge in [-0.05, 0) is 20.1 Å². The van der Waals surface area contributed by atoms with E-state index in [1.165, 1.54) is 6.54 Å². The number of methoxy groups -OCH3 is 1. The van der Waals surface area contributed by atoms with Crippen LogP contribution in [-0.4, -0.2) is 76.4 Å². The van der Waals surface area contributed by atoms with Gasteiger partial charge in [0.15, 0.2) is 0 Å². The van der Waals surface area contributed by atoms with Gasteiger partial charge >= 0.3 is 0 Å². The van der Waals surface area contributed by atoms with Gasteiger partial charge in [0.1, 0.15) is 0 Å². The Labute approximate surface area is 101 Å². The summed E-state index contributed by atoms with van der Waals surface area (Å²) in [4.78, 5) is 4.83. The van der Waals surface area contributed by atoms with Crippen LogP contribution in [0.2, 0.25) is 0 Å². The van der Waals surface area contributed by atoms with Crippen LogP contribution in [0.5, 0.6) is 0 Å². The fourth-order valence-electron chi connectivity index (χ4n) is 1.53. The molecule has 0 atom stereocenters. The second-order valence-electron chi connectivity index (χ2n) is 4.07. The summed E-state index contributed by atoms with van der Waals surface area (Å²) in [6, 6.07) is 0. The van der Waals surface area contributed by atoms with Crippen molar-refractivity contribution in [2.24, 2.45) is 0 Å². The van der Waals surface area contributed by atoms with Gasteiger partial charge in [-0.1, -0.05) is 13.8 Å². The third kappa shape index (κ3) is 9.09. The van der Waals surface area contributed by atoms with Gasteiger partial charge in [-0.2, -0.15) is 0 Å². The maximum Gasteiger partial charge on any atom is 0.0587 e. The van der Waals surface area contributed by atoms with Crippen molar-refractivity contribution in [1.82, 2.24) is 15.1 Å². The molecule has 0 aromatic heterocycles.